The van der Waals surface area contributed by atoms with E-state index >= 15 is 0 Å². The summed E-state index contributed by atoms with van der Waals surface area (Å²) in [5.41, 5.74) is -0.499. The molecule has 1 amide bonds. The normalized spacial score (nSPS) is 19.0. The van der Waals surface area contributed by atoms with E-state index in [4.69, 9.17) is 4.74 Å². The molecule has 0 N–H and O–H groups in total. The van der Waals surface area contributed by atoms with Gasteiger partial charge in [0.05, 0.1) is 0 Å². The van der Waals surface area contributed by atoms with Crippen LogP contribution < -0.4 is 0 Å². The summed E-state index contributed by atoms with van der Waals surface area (Å²) in [7, 11) is 1.76. The summed E-state index contributed by atoms with van der Waals surface area (Å²) < 4.78 is 5.42. The number of hydrogen-bond donors (Lipinski definition) is 0. The first-order chi connectivity index (χ1) is 9.35. The Kier molecular flexibility index (Phi) is 6.50. The van der Waals surface area contributed by atoms with E-state index in [2.05, 4.69) is 0 Å². The fraction of sp³-hybridized carbons (Fsp3) is 0.875. The van der Waals surface area contributed by atoms with Gasteiger partial charge in [0.15, 0.2) is 0 Å². The van der Waals surface area contributed by atoms with Gasteiger partial charge in [0.1, 0.15) is 11.9 Å². The summed E-state index contributed by atoms with van der Waals surface area (Å²) >= 11 is 0. The molecule has 0 radical (unpaired) electrons. The van der Waals surface area contributed by atoms with Crippen LogP contribution in [0.15, 0.2) is 0 Å². The second-order valence-electron chi connectivity index (χ2n) is 6.81. The predicted molar refractivity (Wildman–Crippen MR) is 79.7 cm³/mol. The van der Waals surface area contributed by atoms with Crippen molar-refractivity contribution in [3.8, 4) is 0 Å². The fourth-order valence-electron chi connectivity index (χ4n) is 2.93. The fourth-order valence-corrected chi connectivity index (χ4v) is 2.93. The SMILES string of the molecule is CN(C(=O)OC(C)(C)C)C(CC=O)C1CCCCCC1. The summed E-state index contributed by atoms with van der Waals surface area (Å²) in [4.78, 5) is 24.8. The van der Waals surface area contributed by atoms with Crippen molar-refractivity contribution in [2.24, 2.45) is 5.92 Å². The van der Waals surface area contributed by atoms with Crippen molar-refractivity contribution in [3.05, 3.63) is 0 Å². The maximum absolute atomic E-state index is 12.2. The van der Waals surface area contributed by atoms with E-state index < -0.39 is 5.60 Å². The number of amides is 1. The molecule has 0 aliphatic heterocycles. The van der Waals surface area contributed by atoms with Crippen molar-refractivity contribution in [2.45, 2.75) is 77.4 Å². The van der Waals surface area contributed by atoms with Crippen molar-refractivity contribution in [1.82, 2.24) is 4.90 Å². The Morgan fingerprint density at radius 3 is 2.25 bits per heavy atom. The van der Waals surface area contributed by atoms with E-state index in [1.54, 1.807) is 11.9 Å². The standard InChI is InChI=1S/C16H29NO3/c1-16(2,3)20-15(19)17(4)14(11-12-18)13-9-7-5-6-8-10-13/h12-14H,5-11H2,1-4H3. The van der Waals surface area contributed by atoms with Crippen LogP contribution in [0.2, 0.25) is 0 Å². The van der Waals surface area contributed by atoms with Gasteiger partial charge in [-0.1, -0.05) is 25.7 Å². The number of ether oxygens (including phenoxy) is 1. The van der Waals surface area contributed by atoms with Crippen LogP contribution in [0, 0.1) is 5.92 Å². The molecule has 1 aliphatic rings. The molecular formula is C16H29NO3. The molecule has 1 aliphatic carbocycles. The molecule has 0 aromatic carbocycles. The van der Waals surface area contributed by atoms with Gasteiger partial charge in [0, 0.05) is 19.5 Å². The highest BCUT2D eigenvalue weighted by atomic mass is 16.6. The van der Waals surface area contributed by atoms with Crippen molar-refractivity contribution < 1.29 is 14.3 Å². The van der Waals surface area contributed by atoms with Gasteiger partial charge in [-0.25, -0.2) is 4.79 Å². The number of rotatable bonds is 4. The Hall–Kier alpha value is -1.06. The van der Waals surface area contributed by atoms with Crippen LogP contribution >= 0.6 is 0 Å². The van der Waals surface area contributed by atoms with Crippen LogP contribution in [-0.4, -0.2) is 36.0 Å². The van der Waals surface area contributed by atoms with Crippen molar-refractivity contribution in [1.29, 1.82) is 0 Å². The van der Waals surface area contributed by atoms with Gasteiger partial charge >= 0.3 is 6.09 Å². The predicted octanol–water partition coefficient (Wildman–Crippen LogP) is 3.78. The lowest BCUT2D eigenvalue weighted by molar-refractivity contribution is -0.109. The second-order valence-corrected chi connectivity index (χ2v) is 6.81. The molecule has 4 nitrogen and oxygen atoms in total. The zero-order chi connectivity index (χ0) is 15.2. The van der Waals surface area contributed by atoms with E-state index in [0.29, 0.717) is 12.3 Å². The zero-order valence-electron chi connectivity index (χ0n) is 13.4. The lowest BCUT2D eigenvalue weighted by Gasteiger charge is -2.34. The second kappa shape index (κ2) is 7.65. The molecule has 0 aromatic heterocycles. The Bertz CT molecular complexity index is 314. The third-order valence-corrected chi connectivity index (χ3v) is 3.96. The van der Waals surface area contributed by atoms with Gasteiger partial charge in [0.2, 0.25) is 0 Å². The van der Waals surface area contributed by atoms with E-state index in [1.807, 2.05) is 20.8 Å². The maximum Gasteiger partial charge on any atom is 0.410 e. The Morgan fingerprint density at radius 2 is 1.80 bits per heavy atom. The first kappa shape index (κ1) is 17.0. The lowest BCUT2D eigenvalue weighted by Crippen LogP contribution is -2.44. The molecule has 1 unspecified atom stereocenters. The number of hydrogen-bond acceptors (Lipinski definition) is 3. The molecule has 0 spiro atoms. The van der Waals surface area contributed by atoms with Gasteiger partial charge in [0.25, 0.3) is 0 Å². The Labute approximate surface area is 122 Å². The summed E-state index contributed by atoms with van der Waals surface area (Å²) in [6, 6.07) is -0.0274. The minimum Gasteiger partial charge on any atom is -0.444 e. The van der Waals surface area contributed by atoms with E-state index in [0.717, 1.165) is 19.1 Å². The third-order valence-electron chi connectivity index (χ3n) is 3.96. The maximum atomic E-state index is 12.2. The van der Waals surface area contributed by atoms with Gasteiger partial charge in [-0.15, -0.1) is 0 Å². The molecule has 20 heavy (non-hydrogen) atoms. The summed E-state index contributed by atoms with van der Waals surface area (Å²) in [5, 5.41) is 0. The zero-order valence-corrected chi connectivity index (χ0v) is 13.4. The highest BCUT2D eigenvalue weighted by Crippen LogP contribution is 2.29. The monoisotopic (exact) mass is 283 g/mol. The molecule has 1 atom stereocenters. The molecule has 0 saturated heterocycles. The molecule has 1 fully saturated rings. The molecule has 0 aromatic rings. The average Bonchev–Trinajstić information content (AvgIpc) is 2.61. The average molecular weight is 283 g/mol. The minimum atomic E-state index is -0.499. The largest absolute Gasteiger partial charge is 0.444 e. The van der Waals surface area contributed by atoms with Crippen LogP contribution in [0.5, 0.6) is 0 Å². The smallest absolute Gasteiger partial charge is 0.410 e. The number of carbonyl (C=O) groups excluding carboxylic acids is 2. The van der Waals surface area contributed by atoms with E-state index in [1.165, 1.54) is 25.7 Å². The number of carbonyl (C=O) groups is 2. The number of aldehydes is 1. The molecular weight excluding hydrogens is 254 g/mol. The topological polar surface area (TPSA) is 46.6 Å². The van der Waals surface area contributed by atoms with Crippen LogP contribution in [0.1, 0.15) is 65.7 Å². The molecule has 116 valence electrons. The van der Waals surface area contributed by atoms with Crippen LogP contribution in [0.3, 0.4) is 0 Å². The first-order valence-corrected chi connectivity index (χ1v) is 7.74. The Morgan fingerprint density at radius 1 is 1.25 bits per heavy atom. The highest BCUT2D eigenvalue weighted by Gasteiger charge is 2.31. The molecule has 1 rings (SSSR count). The molecule has 0 heterocycles. The first-order valence-electron chi connectivity index (χ1n) is 7.74. The van der Waals surface area contributed by atoms with E-state index in [-0.39, 0.29) is 12.1 Å². The van der Waals surface area contributed by atoms with Crippen molar-refractivity contribution in [3.63, 3.8) is 0 Å². The van der Waals surface area contributed by atoms with Gasteiger partial charge in [-0.3, -0.25) is 0 Å². The minimum absolute atomic E-state index is 0.0274. The van der Waals surface area contributed by atoms with Crippen molar-refractivity contribution in [2.75, 3.05) is 7.05 Å². The summed E-state index contributed by atoms with van der Waals surface area (Å²) in [6.45, 7) is 5.58. The third kappa shape index (κ3) is 5.51. The molecule has 4 heteroatoms. The Balaban J connectivity index is 2.72. The van der Waals surface area contributed by atoms with Crippen LogP contribution in [-0.2, 0) is 9.53 Å². The molecule has 1 saturated carbocycles. The number of nitrogens with zero attached hydrogens (tertiary/aromatic N) is 1. The van der Waals surface area contributed by atoms with Crippen molar-refractivity contribution >= 4 is 12.4 Å². The lowest BCUT2D eigenvalue weighted by atomic mass is 9.89. The summed E-state index contributed by atoms with van der Waals surface area (Å²) in [6.07, 6.45) is 8.13. The van der Waals surface area contributed by atoms with Gasteiger partial charge in [-0.05, 0) is 39.5 Å². The summed E-state index contributed by atoms with van der Waals surface area (Å²) in [5.74, 6) is 0.417. The van der Waals surface area contributed by atoms with Gasteiger partial charge < -0.3 is 14.4 Å². The highest BCUT2D eigenvalue weighted by molar-refractivity contribution is 5.69. The van der Waals surface area contributed by atoms with E-state index in [9.17, 15) is 9.59 Å². The van der Waals surface area contributed by atoms with Crippen LogP contribution in [0.4, 0.5) is 4.79 Å². The van der Waals surface area contributed by atoms with Gasteiger partial charge in [-0.2, -0.15) is 0 Å². The molecule has 0 bridgehead atoms. The van der Waals surface area contributed by atoms with Crippen LogP contribution in [0.25, 0.3) is 0 Å². The quantitative estimate of drug-likeness (QED) is 0.582.